The first kappa shape index (κ1) is 5.74. The van der Waals surface area contributed by atoms with E-state index in [1.807, 2.05) is 6.92 Å². The maximum Gasteiger partial charge on any atom is 0.227 e. The lowest BCUT2D eigenvalue weighted by Crippen LogP contribution is -2.01. The van der Waals surface area contributed by atoms with E-state index in [9.17, 15) is 0 Å². The van der Waals surface area contributed by atoms with E-state index in [0.717, 1.165) is 6.42 Å². The van der Waals surface area contributed by atoms with Gasteiger partial charge in [-0.25, -0.2) is 0 Å². The van der Waals surface area contributed by atoms with Crippen LogP contribution in [-0.4, -0.2) is 0 Å². The molecule has 0 aliphatic carbocycles. The molecule has 0 amide bonds. The second kappa shape index (κ2) is 1.46. The molecule has 0 heterocycles. The third-order valence-electron chi connectivity index (χ3n) is 0.854. The summed E-state index contributed by atoms with van der Waals surface area (Å²) in [4.78, 5) is 0. The van der Waals surface area contributed by atoms with Crippen molar-refractivity contribution in [3.8, 4) is 0 Å². The fourth-order valence-electron chi connectivity index (χ4n) is 0. The summed E-state index contributed by atoms with van der Waals surface area (Å²) < 4.78 is 0. The topological polar surface area (TPSA) is 0 Å². The fourth-order valence-corrected chi connectivity index (χ4v) is 0. The van der Waals surface area contributed by atoms with Crippen LogP contribution >= 0.6 is 0 Å². The molecule has 34 valence electrons. The van der Waals surface area contributed by atoms with Crippen molar-refractivity contribution in [2.24, 2.45) is 5.41 Å². The maximum absolute atomic E-state index is 3.78. The van der Waals surface area contributed by atoms with Gasteiger partial charge in [0.25, 0.3) is 0 Å². The average molecular weight is 84.2 g/mol. The minimum Gasteiger partial charge on any atom is -0.0562 e. The summed E-state index contributed by atoms with van der Waals surface area (Å²) in [5.41, 5.74) is 0.0417. The quantitative estimate of drug-likeness (QED) is 0.427. The monoisotopic (exact) mass is 84.1 g/mol. The molecule has 0 spiro atoms. The molecule has 0 aromatic heterocycles. The van der Waals surface area contributed by atoms with Gasteiger partial charge in [-0.15, -0.1) is 0 Å². The summed E-state index contributed by atoms with van der Waals surface area (Å²) in [5.74, 6) is 0. The van der Waals surface area contributed by atoms with E-state index in [1.165, 1.54) is 0 Å². The molecule has 0 bridgehead atoms. The molecule has 0 aromatic rings. The molecule has 0 aromatic carbocycles. The van der Waals surface area contributed by atoms with Crippen LogP contribution in [0, 0.1) is 19.3 Å². The normalized spacial score (nSPS) is 11.7. The molecule has 0 saturated heterocycles. The predicted octanol–water partition coefficient (Wildman–Crippen LogP) is 2.07. The van der Waals surface area contributed by atoms with E-state index >= 15 is 0 Å². The summed E-state index contributed by atoms with van der Waals surface area (Å²) in [5, 5.41) is 0. The third kappa shape index (κ3) is 3.74. The first-order chi connectivity index (χ1) is 2.56. The van der Waals surface area contributed by atoms with Crippen molar-refractivity contribution < 1.29 is 0 Å². The summed E-state index contributed by atoms with van der Waals surface area (Å²) in [6, 6.07) is 0. The largest absolute Gasteiger partial charge is 0.227 e. The van der Waals surface area contributed by atoms with Crippen LogP contribution in [0.4, 0.5) is 0 Å². The van der Waals surface area contributed by atoms with Crippen LogP contribution in [0.15, 0.2) is 0 Å². The van der Waals surface area contributed by atoms with Crippen molar-refractivity contribution in [3.63, 3.8) is 0 Å². The fraction of sp³-hybridized carbons (Fsp3) is 0.667. The molecule has 0 aliphatic heterocycles. The Kier molecular flexibility index (Phi) is 1.40. The van der Waals surface area contributed by atoms with Gasteiger partial charge in [-0.2, -0.15) is 0 Å². The van der Waals surface area contributed by atoms with Crippen molar-refractivity contribution in [3.05, 3.63) is 13.8 Å². The van der Waals surface area contributed by atoms with E-state index < -0.39 is 0 Å². The van der Waals surface area contributed by atoms with Crippen LogP contribution in [0.3, 0.4) is 0 Å². The molecule has 0 N–H and O–H groups in total. The lowest BCUT2D eigenvalue weighted by atomic mass is 9.94. The van der Waals surface area contributed by atoms with E-state index in [1.54, 1.807) is 0 Å². The molecule has 0 radical (unpaired) electrons. The molecular weight excluding hydrogens is 72.1 g/mol. The predicted molar refractivity (Wildman–Crippen MR) is 29.1 cm³/mol. The minimum atomic E-state index is 0.0417. The van der Waals surface area contributed by atoms with Gasteiger partial charge in [0.15, 0.2) is 0 Å². The molecule has 0 heteroatoms. The van der Waals surface area contributed by atoms with Gasteiger partial charge in [-0.05, 0) is 0 Å². The smallest absolute Gasteiger partial charge is 0.0562 e. The van der Waals surface area contributed by atoms with Crippen molar-refractivity contribution in [1.82, 2.24) is 0 Å². The molecule has 0 saturated carbocycles. The van der Waals surface area contributed by atoms with Crippen molar-refractivity contribution in [1.29, 1.82) is 0 Å². The zero-order chi connectivity index (χ0) is 5.21. The van der Waals surface area contributed by atoms with E-state index in [-0.39, 0.29) is 5.41 Å². The highest BCUT2D eigenvalue weighted by Crippen LogP contribution is 2.14. The Balaban J connectivity index is 3.17. The number of hydrogen-bond donors (Lipinski definition) is 0. The summed E-state index contributed by atoms with van der Waals surface area (Å²) >= 11 is 0. The molecular formula is C6H12+2. The van der Waals surface area contributed by atoms with Crippen molar-refractivity contribution in [2.45, 2.75) is 20.3 Å². The summed E-state index contributed by atoms with van der Waals surface area (Å²) in [6.45, 7) is 11.7. The molecule has 0 atom stereocenters. The van der Waals surface area contributed by atoms with E-state index in [2.05, 4.69) is 20.8 Å². The minimum absolute atomic E-state index is 0.0417. The van der Waals surface area contributed by atoms with Crippen LogP contribution in [0.25, 0.3) is 0 Å². The average Bonchev–Trinajstić information content (AvgIpc) is 1.35. The SMILES string of the molecule is [CH2+]C([CH2+])(C)CC. The highest BCUT2D eigenvalue weighted by Gasteiger charge is 2.21. The zero-order valence-corrected chi connectivity index (χ0v) is 4.62. The Morgan fingerprint density at radius 1 is 1.50 bits per heavy atom. The second-order valence-electron chi connectivity index (χ2n) is 2.16. The van der Waals surface area contributed by atoms with Gasteiger partial charge in [0.2, 0.25) is 5.41 Å². The molecule has 0 aliphatic rings. The first-order valence-electron chi connectivity index (χ1n) is 2.27. The van der Waals surface area contributed by atoms with Crippen molar-refractivity contribution in [2.75, 3.05) is 0 Å². The Morgan fingerprint density at radius 3 is 1.67 bits per heavy atom. The van der Waals surface area contributed by atoms with E-state index in [4.69, 9.17) is 0 Å². The van der Waals surface area contributed by atoms with Gasteiger partial charge in [-0.3, -0.25) is 0 Å². The molecule has 0 rings (SSSR count). The van der Waals surface area contributed by atoms with Gasteiger partial charge in [0.1, 0.15) is 13.8 Å². The van der Waals surface area contributed by atoms with Gasteiger partial charge < -0.3 is 0 Å². The Labute approximate surface area is 40.6 Å². The second-order valence-corrected chi connectivity index (χ2v) is 2.16. The highest BCUT2D eigenvalue weighted by atomic mass is 14.1. The molecule has 0 unspecified atom stereocenters. The van der Waals surface area contributed by atoms with Gasteiger partial charge >= 0.3 is 0 Å². The maximum atomic E-state index is 3.78. The van der Waals surface area contributed by atoms with Crippen LogP contribution in [0.5, 0.6) is 0 Å². The molecule has 6 heavy (non-hydrogen) atoms. The lowest BCUT2D eigenvalue weighted by Gasteiger charge is -1.94. The van der Waals surface area contributed by atoms with Crippen LogP contribution in [0.2, 0.25) is 0 Å². The Bertz CT molecular complexity index is 29.8. The number of hydrogen-bond acceptors (Lipinski definition) is 0. The van der Waals surface area contributed by atoms with Crippen molar-refractivity contribution >= 4 is 0 Å². The van der Waals surface area contributed by atoms with Crippen LogP contribution in [-0.2, 0) is 0 Å². The Morgan fingerprint density at radius 2 is 1.67 bits per heavy atom. The highest BCUT2D eigenvalue weighted by molar-refractivity contribution is 4.76. The summed E-state index contributed by atoms with van der Waals surface area (Å²) in [6.07, 6.45) is 1.05. The summed E-state index contributed by atoms with van der Waals surface area (Å²) in [7, 11) is 0. The third-order valence-corrected chi connectivity index (χ3v) is 0.854. The molecule has 0 nitrogen and oxygen atoms in total. The van der Waals surface area contributed by atoms with E-state index in [0.29, 0.717) is 0 Å². The Hall–Kier alpha value is -0.260. The van der Waals surface area contributed by atoms with Gasteiger partial charge in [-0.1, -0.05) is 6.92 Å². The lowest BCUT2D eigenvalue weighted by molar-refractivity contribution is 0.520. The van der Waals surface area contributed by atoms with Gasteiger partial charge in [0.05, 0.1) is 0 Å². The number of rotatable bonds is 1. The van der Waals surface area contributed by atoms with Crippen LogP contribution < -0.4 is 0 Å². The zero-order valence-electron chi connectivity index (χ0n) is 4.62. The first-order valence-corrected chi connectivity index (χ1v) is 2.27. The van der Waals surface area contributed by atoms with Gasteiger partial charge in [0, 0.05) is 13.3 Å². The van der Waals surface area contributed by atoms with Crippen LogP contribution in [0.1, 0.15) is 20.3 Å². The standard InChI is InChI=1S/C6H12/c1-5-6(2,3)4/h2-3,5H2,1,4H3/q+2. The molecule has 0 fully saturated rings.